The minimum absolute atomic E-state index is 0.0218. The maximum absolute atomic E-state index is 13.0. The molecule has 2 aromatic rings. The minimum Gasteiger partial charge on any atom is -0.335 e. The number of amides is 1. The first-order valence-corrected chi connectivity index (χ1v) is 10.7. The molecule has 146 valence electrons. The summed E-state index contributed by atoms with van der Waals surface area (Å²) in [5.74, 6) is -0.136. The second-order valence-corrected chi connectivity index (χ2v) is 8.62. The molecule has 0 saturated heterocycles. The fourth-order valence-corrected chi connectivity index (χ4v) is 4.61. The maximum Gasteiger partial charge on any atom is 0.254 e. The standard InChI is InChI=1S/C21H23N3O3S/c1-24(20-9-4-7-16-6-2-3-8-19(16)20)21(25)17-10-12-18(13-11-17)28(26,27)23-15-5-14-22/h2-3,6,8,10-13,20,23H,4-5,7,9,15H2,1H3. The number of carbonyl (C=O) groups excluding carboxylic acids is 1. The molecule has 0 saturated carbocycles. The van der Waals surface area contributed by atoms with Crippen LogP contribution in [0.4, 0.5) is 0 Å². The number of fused-ring (bicyclic) bond motifs is 1. The SMILES string of the molecule is CN(C(=O)c1ccc(S(=O)(=O)NCCC#N)cc1)C1CCCc2ccccc21. The van der Waals surface area contributed by atoms with Crippen molar-refractivity contribution in [2.24, 2.45) is 0 Å². The van der Waals surface area contributed by atoms with Gasteiger partial charge in [-0.2, -0.15) is 5.26 Å². The first-order valence-electron chi connectivity index (χ1n) is 9.25. The van der Waals surface area contributed by atoms with E-state index in [4.69, 9.17) is 5.26 Å². The van der Waals surface area contributed by atoms with Crippen molar-refractivity contribution in [3.63, 3.8) is 0 Å². The van der Waals surface area contributed by atoms with Crippen LogP contribution in [-0.4, -0.2) is 32.8 Å². The van der Waals surface area contributed by atoms with Crippen molar-refractivity contribution in [2.75, 3.05) is 13.6 Å². The van der Waals surface area contributed by atoms with Gasteiger partial charge in [-0.25, -0.2) is 13.1 Å². The third-order valence-corrected chi connectivity index (χ3v) is 6.54. The van der Waals surface area contributed by atoms with Gasteiger partial charge in [0.1, 0.15) is 0 Å². The molecule has 0 aliphatic heterocycles. The Bertz CT molecular complexity index is 994. The highest BCUT2D eigenvalue weighted by Crippen LogP contribution is 2.34. The molecule has 0 radical (unpaired) electrons. The number of nitriles is 1. The van der Waals surface area contributed by atoms with Gasteiger partial charge < -0.3 is 4.90 Å². The van der Waals surface area contributed by atoms with Crippen molar-refractivity contribution in [2.45, 2.75) is 36.6 Å². The van der Waals surface area contributed by atoms with Gasteiger partial charge in [-0.3, -0.25) is 4.79 Å². The molecular formula is C21H23N3O3S. The van der Waals surface area contributed by atoms with E-state index in [-0.39, 0.29) is 29.8 Å². The van der Waals surface area contributed by atoms with Crippen molar-refractivity contribution in [3.05, 3.63) is 65.2 Å². The van der Waals surface area contributed by atoms with Crippen LogP contribution in [0.2, 0.25) is 0 Å². The van der Waals surface area contributed by atoms with Crippen LogP contribution in [0.5, 0.6) is 0 Å². The monoisotopic (exact) mass is 397 g/mol. The Kier molecular flexibility index (Phi) is 6.12. The number of hydrogen-bond donors (Lipinski definition) is 1. The summed E-state index contributed by atoms with van der Waals surface area (Å²) in [6, 6.07) is 16.0. The lowest BCUT2D eigenvalue weighted by molar-refractivity contribution is 0.0715. The van der Waals surface area contributed by atoms with E-state index >= 15 is 0 Å². The van der Waals surface area contributed by atoms with Gasteiger partial charge >= 0.3 is 0 Å². The van der Waals surface area contributed by atoms with Crippen LogP contribution in [0, 0.1) is 11.3 Å². The van der Waals surface area contributed by atoms with Gasteiger partial charge in [-0.1, -0.05) is 24.3 Å². The van der Waals surface area contributed by atoms with Gasteiger partial charge in [0.15, 0.2) is 0 Å². The quantitative estimate of drug-likeness (QED) is 0.759. The Balaban J connectivity index is 1.76. The molecule has 1 aliphatic carbocycles. The summed E-state index contributed by atoms with van der Waals surface area (Å²) >= 11 is 0. The van der Waals surface area contributed by atoms with Crippen LogP contribution in [0.1, 0.15) is 46.8 Å². The van der Waals surface area contributed by atoms with Crippen LogP contribution >= 0.6 is 0 Å². The van der Waals surface area contributed by atoms with E-state index < -0.39 is 10.0 Å². The zero-order valence-electron chi connectivity index (χ0n) is 15.8. The summed E-state index contributed by atoms with van der Waals surface area (Å²) < 4.78 is 26.7. The van der Waals surface area contributed by atoms with Crippen molar-refractivity contribution in [1.29, 1.82) is 5.26 Å². The number of nitrogens with zero attached hydrogens (tertiary/aromatic N) is 2. The number of nitrogens with one attached hydrogen (secondary N) is 1. The predicted octanol–water partition coefficient (Wildman–Crippen LogP) is 3.03. The third-order valence-electron chi connectivity index (χ3n) is 5.07. The number of carbonyl (C=O) groups is 1. The lowest BCUT2D eigenvalue weighted by Gasteiger charge is -2.33. The van der Waals surface area contributed by atoms with Crippen LogP contribution in [0.15, 0.2) is 53.4 Å². The van der Waals surface area contributed by atoms with E-state index in [1.54, 1.807) is 11.9 Å². The second kappa shape index (κ2) is 8.55. The molecule has 0 spiro atoms. The molecule has 6 nitrogen and oxygen atoms in total. The number of aryl methyl sites for hydroxylation is 1. The summed E-state index contributed by atoms with van der Waals surface area (Å²) in [5.41, 5.74) is 2.91. The molecular weight excluding hydrogens is 374 g/mol. The number of benzene rings is 2. The van der Waals surface area contributed by atoms with Gasteiger partial charge in [0.2, 0.25) is 10.0 Å². The second-order valence-electron chi connectivity index (χ2n) is 6.85. The van der Waals surface area contributed by atoms with Crippen LogP contribution in [0.3, 0.4) is 0 Å². The minimum atomic E-state index is -3.68. The lowest BCUT2D eigenvalue weighted by Crippen LogP contribution is -2.33. The Morgan fingerprint density at radius 1 is 1.21 bits per heavy atom. The number of hydrogen-bond acceptors (Lipinski definition) is 4. The Morgan fingerprint density at radius 3 is 2.64 bits per heavy atom. The summed E-state index contributed by atoms with van der Waals surface area (Å²) in [6.07, 6.45) is 3.07. The zero-order chi connectivity index (χ0) is 20.1. The molecule has 0 fully saturated rings. The Hall–Kier alpha value is -2.69. The third kappa shape index (κ3) is 4.24. The smallest absolute Gasteiger partial charge is 0.254 e. The molecule has 1 aliphatic rings. The highest BCUT2D eigenvalue weighted by atomic mass is 32.2. The molecule has 1 unspecified atom stereocenters. The highest BCUT2D eigenvalue weighted by Gasteiger charge is 2.27. The molecule has 1 amide bonds. The summed E-state index contributed by atoms with van der Waals surface area (Å²) in [7, 11) is -1.89. The fourth-order valence-electron chi connectivity index (χ4n) is 3.58. The van der Waals surface area contributed by atoms with E-state index in [1.807, 2.05) is 18.2 Å². The normalized spacial score (nSPS) is 16.1. The lowest BCUT2D eigenvalue weighted by atomic mass is 9.87. The Morgan fingerprint density at radius 2 is 1.93 bits per heavy atom. The molecule has 1 N–H and O–H groups in total. The largest absolute Gasteiger partial charge is 0.335 e. The van der Waals surface area contributed by atoms with Crippen LogP contribution < -0.4 is 4.72 Å². The average Bonchev–Trinajstić information content (AvgIpc) is 2.72. The molecule has 0 heterocycles. The van der Waals surface area contributed by atoms with Gasteiger partial charge in [-0.15, -0.1) is 0 Å². The fraction of sp³-hybridized carbons (Fsp3) is 0.333. The Labute approximate surface area is 165 Å². The maximum atomic E-state index is 13.0. The molecule has 28 heavy (non-hydrogen) atoms. The topological polar surface area (TPSA) is 90.3 Å². The summed E-state index contributed by atoms with van der Waals surface area (Å²) in [6.45, 7) is 0.0589. The van der Waals surface area contributed by atoms with Gasteiger partial charge in [-0.05, 0) is 54.7 Å². The number of rotatable bonds is 6. The molecule has 0 aromatic heterocycles. The van der Waals surface area contributed by atoms with E-state index in [0.717, 1.165) is 19.3 Å². The van der Waals surface area contributed by atoms with E-state index in [0.29, 0.717) is 5.56 Å². The van der Waals surface area contributed by atoms with Gasteiger partial charge in [0.25, 0.3) is 5.91 Å². The molecule has 0 bridgehead atoms. The van der Waals surface area contributed by atoms with Crippen LogP contribution in [-0.2, 0) is 16.4 Å². The molecule has 2 aromatic carbocycles. The van der Waals surface area contributed by atoms with Crippen molar-refractivity contribution < 1.29 is 13.2 Å². The van der Waals surface area contributed by atoms with Crippen molar-refractivity contribution in [3.8, 4) is 6.07 Å². The van der Waals surface area contributed by atoms with E-state index in [1.165, 1.54) is 35.4 Å². The van der Waals surface area contributed by atoms with E-state index in [2.05, 4.69) is 16.9 Å². The van der Waals surface area contributed by atoms with Gasteiger partial charge in [0.05, 0.1) is 17.0 Å². The predicted molar refractivity (Wildman–Crippen MR) is 106 cm³/mol. The van der Waals surface area contributed by atoms with Crippen LogP contribution in [0.25, 0.3) is 0 Å². The summed E-state index contributed by atoms with van der Waals surface area (Å²) in [5, 5.41) is 8.52. The highest BCUT2D eigenvalue weighted by molar-refractivity contribution is 7.89. The first-order chi connectivity index (χ1) is 13.4. The van der Waals surface area contributed by atoms with Crippen molar-refractivity contribution >= 4 is 15.9 Å². The number of sulfonamides is 1. The van der Waals surface area contributed by atoms with Gasteiger partial charge in [0, 0.05) is 25.6 Å². The zero-order valence-corrected chi connectivity index (χ0v) is 16.6. The molecule has 3 rings (SSSR count). The molecule has 7 heteroatoms. The van der Waals surface area contributed by atoms with Crippen molar-refractivity contribution in [1.82, 2.24) is 9.62 Å². The average molecular weight is 398 g/mol. The van der Waals surface area contributed by atoms with E-state index in [9.17, 15) is 13.2 Å². The first kappa shape index (κ1) is 20.1. The molecule has 1 atom stereocenters. The summed E-state index contributed by atoms with van der Waals surface area (Å²) in [4.78, 5) is 14.8.